The summed E-state index contributed by atoms with van der Waals surface area (Å²) < 4.78 is 4.99. The molecule has 3 nitrogen and oxygen atoms in total. The van der Waals surface area contributed by atoms with E-state index < -0.39 is 6.10 Å². The molecule has 0 fully saturated rings. The van der Waals surface area contributed by atoms with Gasteiger partial charge in [0, 0.05) is 35.9 Å². The Morgan fingerprint density at radius 1 is 1.39 bits per heavy atom. The second kappa shape index (κ2) is 6.14. The standard InChI is InChI=1S/C14H16ClNO2/c1-18-9-3-5-13(17)11-6-7-12(15)10-4-2-8-16-14(10)11/h2,4,6-8,13,17H,3,5,9H2,1H3. The van der Waals surface area contributed by atoms with Crippen molar-refractivity contribution in [3.63, 3.8) is 0 Å². The van der Waals surface area contributed by atoms with Gasteiger partial charge in [-0.1, -0.05) is 17.7 Å². The average Bonchev–Trinajstić information content (AvgIpc) is 2.39. The van der Waals surface area contributed by atoms with Crippen LogP contribution >= 0.6 is 11.6 Å². The van der Waals surface area contributed by atoms with E-state index in [9.17, 15) is 5.11 Å². The van der Waals surface area contributed by atoms with Crippen LogP contribution in [-0.4, -0.2) is 23.8 Å². The number of benzene rings is 1. The van der Waals surface area contributed by atoms with E-state index in [4.69, 9.17) is 16.3 Å². The van der Waals surface area contributed by atoms with Crippen molar-refractivity contribution in [2.45, 2.75) is 18.9 Å². The minimum absolute atomic E-state index is 0.533. The molecule has 1 aromatic heterocycles. The van der Waals surface area contributed by atoms with Crippen molar-refractivity contribution in [3.05, 3.63) is 41.0 Å². The molecule has 0 aliphatic rings. The molecule has 0 amide bonds. The average molecular weight is 266 g/mol. The second-order valence-corrected chi connectivity index (χ2v) is 4.59. The van der Waals surface area contributed by atoms with E-state index in [0.717, 1.165) is 22.9 Å². The van der Waals surface area contributed by atoms with Gasteiger partial charge in [-0.25, -0.2) is 0 Å². The molecule has 0 radical (unpaired) electrons. The normalized spacial score (nSPS) is 12.8. The Labute approximate surface area is 111 Å². The largest absolute Gasteiger partial charge is 0.388 e. The first-order chi connectivity index (χ1) is 8.74. The van der Waals surface area contributed by atoms with Crippen LogP contribution in [0.5, 0.6) is 0 Å². The summed E-state index contributed by atoms with van der Waals surface area (Å²) >= 11 is 6.12. The van der Waals surface area contributed by atoms with Crippen molar-refractivity contribution in [1.29, 1.82) is 0 Å². The van der Waals surface area contributed by atoms with Crippen molar-refractivity contribution >= 4 is 22.5 Å². The number of hydrogen-bond donors (Lipinski definition) is 1. The van der Waals surface area contributed by atoms with Crippen LogP contribution in [0.25, 0.3) is 10.9 Å². The van der Waals surface area contributed by atoms with Crippen LogP contribution in [0, 0.1) is 0 Å². The molecule has 1 N–H and O–H groups in total. The first kappa shape index (κ1) is 13.3. The molecule has 2 rings (SSSR count). The molecule has 0 bridgehead atoms. The second-order valence-electron chi connectivity index (χ2n) is 4.19. The third kappa shape index (κ3) is 2.80. The van der Waals surface area contributed by atoms with E-state index in [2.05, 4.69) is 4.98 Å². The van der Waals surface area contributed by atoms with Crippen LogP contribution in [0.3, 0.4) is 0 Å². The zero-order valence-corrected chi connectivity index (χ0v) is 11.0. The van der Waals surface area contributed by atoms with Crippen LogP contribution in [0.4, 0.5) is 0 Å². The highest BCUT2D eigenvalue weighted by Crippen LogP contribution is 2.30. The van der Waals surface area contributed by atoms with Gasteiger partial charge in [-0.3, -0.25) is 4.98 Å². The Bertz CT molecular complexity index is 530. The molecule has 1 aromatic carbocycles. The summed E-state index contributed by atoms with van der Waals surface area (Å²) in [4.78, 5) is 4.32. The molecule has 1 unspecified atom stereocenters. The number of aliphatic hydroxyl groups excluding tert-OH is 1. The summed E-state index contributed by atoms with van der Waals surface area (Å²) in [5.41, 5.74) is 1.60. The molecular formula is C14H16ClNO2. The zero-order chi connectivity index (χ0) is 13.0. The van der Waals surface area contributed by atoms with Gasteiger partial charge in [0.15, 0.2) is 0 Å². The molecule has 0 spiro atoms. The molecule has 18 heavy (non-hydrogen) atoms. The van der Waals surface area contributed by atoms with E-state index >= 15 is 0 Å². The van der Waals surface area contributed by atoms with E-state index in [-0.39, 0.29) is 0 Å². The smallest absolute Gasteiger partial charge is 0.0812 e. The van der Waals surface area contributed by atoms with Gasteiger partial charge >= 0.3 is 0 Å². The quantitative estimate of drug-likeness (QED) is 0.843. The fourth-order valence-corrected chi connectivity index (χ4v) is 2.22. The van der Waals surface area contributed by atoms with Crippen molar-refractivity contribution in [2.75, 3.05) is 13.7 Å². The number of rotatable bonds is 5. The summed E-state index contributed by atoms with van der Waals surface area (Å²) in [5.74, 6) is 0. The maximum atomic E-state index is 10.2. The van der Waals surface area contributed by atoms with Gasteiger partial charge in [0.25, 0.3) is 0 Å². The van der Waals surface area contributed by atoms with Crippen LogP contribution in [0.15, 0.2) is 30.5 Å². The number of nitrogens with zero attached hydrogens (tertiary/aromatic N) is 1. The minimum Gasteiger partial charge on any atom is -0.388 e. The number of aromatic nitrogens is 1. The number of pyridine rings is 1. The maximum absolute atomic E-state index is 10.2. The van der Waals surface area contributed by atoms with Gasteiger partial charge < -0.3 is 9.84 Å². The van der Waals surface area contributed by atoms with Gasteiger partial charge in [0.05, 0.1) is 11.6 Å². The number of methoxy groups -OCH3 is 1. The number of fused-ring (bicyclic) bond motifs is 1. The molecule has 2 aromatic rings. The highest BCUT2D eigenvalue weighted by Gasteiger charge is 2.13. The molecule has 0 aliphatic carbocycles. The first-order valence-electron chi connectivity index (χ1n) is 5.94. The van der Waals surface area contributed by atoms with Gasteiger partial charge in [0.1, 0.15) is 0 Å². The lowest BCUT2D eigenvalue weighted by Gasteiger charge is -2.13. The zero-order valence-electron chi connectivity index (χ0n) is 10.3. The third-order valence-electron chi connectivity index (χ3n) is 2.93. The topological polar surface area (TPSA) is 42.4 Å². The Morgan fingerprint density at radius 2 is 2.22 bits per heavy atom. The van der Waals surface area contributed by atoms with Crippen LogP contribution in [0.1, 0.15) is 24.5 Å². The highest BCUT2D eigenvalue weighted by molar-refractivity contribution is 6.35. The predicted molar refractivity (Wildman–Crippen MR) is 72.8 cm³/mol. The van der Waals surface area contributed by atoms with Crippen molar-refractivity contribution in [1.82, 2.24) is 4.98 Å². The number of aliphatic hydroxyl groups is 1. The minimum atomic E-state index is -0.533. The maximum Gasteiger partial charge on any atom is 0.0812 e. The van der Waals surface area contributed by atoms with Gasteiger partial charge in [-0.05, 0) is 31.0 Å². The van der Waals surface area contributed by atoms with Crippen LogP contribution in [-0.2, 0) is 4.74 Å². The molecule has 1 atom stereocenters. The lowest BCUT2D eigenvalue weighted by molar-refractivity contribution is 0.137. The molecule has 96 valence electrons. The summed E-state index contributed by atoms with van der Waals surface area (Å²) in [6, 6.07) is 7.40. The fourth-order valence-electron chi connectivity index (χ4n) is 2.01. The van der Waals surface area contributed by atoms with Gasteiger partial charge in [0.2, 0.25) is 0 Å². The molecule has 0 saturated carbocycles. The third-order valence-corrected chi connectivity index (χ3v) is 3.26. The van der Waals surface area contributed by atoms with Gasteiger partial charge in [-0.2, -0.15) is 0 Å². The Balaban J connectivity index is 2.30. The molecular weight excluding hydrogens is 250 g/mol. The van der Waals surface area contributed by atoms with Crippen molar-refractivity contribution in [2.24, 2.45) is 0 Å². The number of ether oxygens (including phenoxy) is 1. The van der Waals surface area contributed by atoms with E-state index in [0.29, 0.717) is 18.1 Å². The Morgan fingerprint density at radius 3 is 3.00 bits per heavy atom. The lowest BCUT2D eigenvalue weighted by Crippen LogP contribution is -2.01. The summed E-state index contributed by atoms with van der Waals surface area (Å²) in [6.07, 6.45) is 2.65. The predicted octanol–water partition coefficient (Wildman–Crippen LogP) is 3.35. The molecule has 4 heteroatoms. The SMILES string of the molecule is COCCCC(O)c1ccc(Cl)c2cccnc12. The van der Waals surface area contributed by atoms with E-state index in [1.165, 1.54) is 0 Å². The monoisotopic (exact) mass is 265 g/mol. The van der Waals surface area contributed by atoms with E-state index in [1.807, 2.05) is 18.2 Å². The summed E-state index contributed by atoms with van der Waals surface area (Å²) in [6.45, 7) is 0.649. The first-order valence-corrected chi connectivity index (χ1v) is 6.32. The number of halogens is 1. The van der Waals surface area contributed by atoms with Crippen LogP contribution < -0.4 is 0 Å². The van der Waals surface area contributed by atoms with Crippen molar-refractivity contribution < 1.29 is 9.84 Å². The molecule has 0 saturated heterocycles. The van der Waals surface area contributed by atoms with E-state index in [1.54, 1.807) is 19.4 Å². The van der Waals surface area contributed by atoms with Crippen LogP contribution in [0.2, 0.25) is 5.02 Å². The summed E-state index contributed by atoms with van der Waals surface area (Å²) in [5, 5.41) is 11.7. The number of hydrogen-bond acceptors (Lipinski definition) is 3. The fraction of sp³-hybridized carbons (Fsp3) is 0.357. The Kier molecular flexibility index (Phi) is 4.53. The lowest BCUT2D eigenvalue weighted by atomic mass is 10.0. The highest BCUT2D eigenvalue weighted by atomic mass is 35.5. The Hall–Kier alpha value is -1.16. The molecule has 1 heterocycles. The van der Waals surface area contributed by atoms with Gasteiger partial charge in [-0.15, -0.1) is 0 Å². The van der Waals surface area contributed by atoms with Crippen molar-refractivity contribution in [3.8, 4) is 0 Å². The molecule has 0 aliphatic heterocycles. The summed E-state index contributed by atoms with van der Waals surface area (Å²) in [7, 11) is 1.66.